The van der Waals surface area contributed by atoms with Crippen LogP contribution in [0.5, 0.6) is 23.0 Å². The summed E-state index contributed by atoms with van der Waals surface area (Å²) >= 11 is 0. The van der Waals surface area contributed by atoms with E-state index in [0.29, 0.717) is 23.0 Å². The Kier molecular flexibility index (Phi) is 7.58. The summed E-state index contributed by atoms with van der Waals surface area (Å²) in [4.78, 5) is 5.08. The highest BCUT2D eigenvalue weighted by molar-refractivity contribution is 6.94. The summed E-state index contributed by atoms with van der Waals surface area (Å²) in [7, 11) is 0. The van der Waals surface area contributed by atoms with E-state index < -0.39 is 0 Å². The number of hydrogen-bond acceptors (Lipinski definition) is 4. The quantitative estimate of drug-likeness (QED) is 0.166. The number of ether oxygens (including phenoxy) is 2. The lowest BCUT2D eigenvalue weighted by Crippen LogP contribution is -2.61. The molecule has 0 saturated carbocycles. The first-order chi connectivity index (χ1) is 30.6. The molecule has 0 radical (unpaired) electrons. The molecule has 0 fully saturated rings. The Balaban J connectivity index is 1.13. The minimum Gasteiger partial charge on any atom is -0.450 e. The van der Waals surface area contributed by atoms with Crippen molar-refractivity contribution < 1.29 is 9.47 Å². The van der Waals surface area contributed by atoms with E-state index in [4.69, 9.17) is 9.47 Å². The van der Waals surface area contributed by atoms with E-state index in [1.807, 2.05) is 24.3 Å². The van der Waals surface area contributed by atoms with Gasteiger partial charge in [0.1, 0.15) is 0 Å². The highest BCUT2D eigenvalue weighted by Crippen LogP contribution is 2.53. The van der Waals surface area contributed by atoms with E-state index in [9.17, 15) is 0 Å². The summed E-state index contributed by atoms with van der Waals surface area (Å²) in [6, 6.07) is 74.5. The van der Waals surface area contributed by atoms with Gasteiger partial charge in [-0.25, -0.2) is 0 Å². The van der Waals surface area contributed by atoms with Gasteiger partial charge in [-0.1, -0.05) is 140 Å². The second-order valence-corrected chi connectivity index (χ2v) is 16.5. The van der Waals surface area contributed by atoms with Gasteiger partial charge in [0.05, 0.1) is 5.69 Å². The third kappa shape index (κ3) is 5.28. The Morgan fingerprint density at radius 1 is 0.403 bits per heavy atom. The molecule has 10 aromatic rings. The van der Waals surface area contributed by atoms with E-state index in [0.717, 1.165) is 28.2 Å². The van der Waals surface area contributed by atoms with Gasteiger partial charge in [-0.05, 0) is 128 Å². The third-order valence-electron chi connectivity index (χ3n) is 12.9. The van der Waals surface area contributed by atoms with Gasteiger partial charge in [-0.3, -0.25) is 0 Å². The molecule has 0 bridgehead atoms. The topological polar surface area (TPSA) is 24.9 Å². The molecule has 0 spiro atoms. The molecule has 0 aromatic heterocycles. The molecule has 0 atom stereocenters. The maximum atomic E-state index is 6.74. The number of fused-ring (bicyclic) bond motifs is 9. The van der Waals surface area contributed by atoms with Crippen LogP contribution in [0.2, 0.25) is 0 Å². The molecule has 62 heavy (non-hydrogen) atoms. The molecule has 0 unspecified atom stereocenters. The fourth-order valence-electron chi connectivity index (χ4n) is 10.1. The number of para-hydroxylation sites is 2. The van der Waals surface area contributed by atoms with Crippen molar-refractivity contribution in [3.05, 3.63) is 212 Å². The lowest BCUT2D eigenvalue weighted by atomic mass is 9.43. The molecule has 0 saturated heterocycles. The maximum absolute atomic E-state index is 6.74. The fraction of sp³-hybridized carbons (Fsp3) is 0.0175. The zero-order chi connectivity index (χ0) is 40.9. The average molecular weight is 793 g/mol. The smallest absolute Gasteiger partial charge is 0.333 e. The van der Waals surface area contributed by atoms with Crippen LogP contribution in [0.1, 0.15) is 5.56 Å². The van der Waals surface area contributed by atoms with Crippen molar-refractivity contribution in [1.82, 2.24) is 0 Å². The van der Waals surface area contributed by atoms with Crippen molar-refractivity contribution in [2.24, 2.45) is 0 Å². The Labute approximate surface area is 360 Å². The monoisotopic (exact) mass is 792 g/mol. The van der Waals surface area contributed by atoms with E-state index in [2.05, 4.69) is 199 Å². The van der Waals surface area contributed by atoms with Crippen LogP contribution < -0.4 is 30.1 Å². The van der Waals surface area contributed by atoms with Crippen LogP contribution in [0.3, 0.4) is 0 Å². The molecular formula is C57H37BN2O2. The van der Waals surface area contributed by atoms with Crippen molar-refractivity contribution in [2.45, 2.75) is 6.92 Å². The largest absolute Gasteiger partial charge is 0.450 e. The van der Waals surface area contributed by atoms with E-state index >= 15 is 0 Å². The summed E-state index contributed by atoms with van der Waals surface area (Å²) in [5.74, 6) is 2.81. The van der Waals surface area contributed by atoms with E-state index in [-0.39, 0.29) is 6.85 Å². The normalized spacial score (nSPS) is 13.1. The number of aryl methyl sites for hydroxylation is 1. The van der Waals surface area contributed by atoms with Crippen molar-refractivity contribution in [1.29, 1.82) is 0 Å². The van der Waals surface area contributed by atoms with Crippen LogP contribution in [0.15, 0.2) is 206 Å². The minimum absolute atomic E-state index is 0.220. The predicted octanol–water partition coefficient (Wildman–Crippen LogP) is 14.2. The van der Waals surface area contributed by atoms with Crippen LogP contribution in [-0.4, -0.2) is 6.85 Å². The van der Waals surface area contributed by atoms with Gasteiger partial charge in [-0.2, -0.15) is 0 Å². The second-order valence-electron chi connectivity index (χ2n) is 16.5. The Morgan fingerprint density at radius 2 is 0.968 bits per heavy atom. The number of anilines is 5. The molecule has 4 nitrogen and oxygen atoms in total. The van der Waals surface area contributed by atoms with Crippen LogP contribution in [0.4, 0.5) is 28.4 Å². The van der Waals surface area contributed by atoms with Crippen molar-refractivity contribution in [3.8, 4) is 56.4 Å². The van der Waals surface area contributed by atoms with Crippen LogP contribution in [-0.2, 0) is 0 Å². The summed E-state index contributed by atoms with van der Waals surface area (Å²) in [6.45, 7) is 2.02. The van der Waals surface area contributed by atoms with Gasteiger partial charge in [0.15, 0.2) is 23.0 Å². The summed E-state index contributed by atoms with van der Waals surface area (Å²) in [6.07, 6.45) is 0. The zero-order valence-corrected chi connectivity index (χ0v) is 33.9. The summed E-state index contributed by atoms with van der Waals surface area (Å²) < 4.78 is 13.5. The number of nitrogens with zero attached hydrogens (tertiary/aromatic N) is 2. The Bertz CT molecular complexity index is 3440. The first-order valence-corrected chi connectivity index (χ1v) is 21.3. The standard InChI is InChI=1S/C57H37BN2O2/c1-36-30-42(38-16-6-3-7-17-38)26-29-49(36)59-51-35-55-54(61-52-22-12-13-23-53(52)62-55)34-48(51)58-56-47(32-43-20-10-11-21-45(43)57(56)59)46-31-40-18-8-9-19-41(40)33-50(46)60(58)44-27-24-39(25-28-44)37-14-4-2-5-15-37/h2-35H,1H3. The van der Waals surface area contributed by atoms with Crippen LogP contribution in [0, 0.1) is 6.92 Å². The number of rotatable bonds is 4. The fourth-order valence-corrected chi connectivity index (χ4v) is 10.1. The second kappa shape index (κ2) is 13.5. The minimum atomic E-state index is -0.220. The molecule has 3 aliphatic rings. The van der Waals surface area contributed by atoms with Gasteiger partial charge in [0.2, 0.25) is 0 Å². The van der Waals surface area contributed by atoms with Gasteiger partial charge < -0.3 is 19.2 Å². The van der Waals surface area contributed by atoms with Crippen molar-refractivity contribution in [3.63, 3.8) is 0 Å². The van der Waals surface area contributed by atoms with Gasteiger partial charge in [-0.15, -0.1) is 0 Å². The third-order valence-corrected chi connectivity index (χ3v) is 12.9. The predicted molar refractivity (Wildman–Crippen MR) is 257 cm³/mol. The molecule has 5 heteroatoms. The number of benzene rings is 10. The molecule has 0 N–H and O–H groups in total. The Morgan fingerprint density at radius 3 is 1.68 bits per heavy atom. The average Bonchev–Trinajstić information content (AvgIpc) is 3.33. The highest BCUT2D eigenvalue weighted by atomic mass is 16.6. The number of hydrogen-bond donors (Lipinski definition) is 0. The first kappa shape index (κ1) is 34.8. The molecule has 3 heterocycles. The molecule has 0 aliphatic carbocycles. The lowest BCUT2D eigenvalue weighted by Gasteiger charge is -2.46. The van der Waals surface area contributed by atoms with Gasteiger partial charge in [0.25, 0.3) is 0 Å². The summed E-state index contributed by atoms with van der Waals surface area (Å²) in [5, 5.41) is 4.80. The zero-order valence-electron chi connectivity index (χ0n) is 33.9. The lowest BCUT2D eigenvalue weighted by molar-refractivity contribution is 0.360. The van der Waals surface area contributed by atoms with Gasteiger partial charge >= 0.3 is 6.85 Å². The highest BCUT2D eigenvalue weighted by Gasteiger charge is 2.47. The van der Waals surface area contributed by atoms with Crippen LogP contribution >= 0.6 is 0 Å². The molecule has 290 valence electrons. The van der Waals surface area contributed by atoms with E-state index in [1.54, 1.807) is 0 Å². The SMILES string of the molecule is Cc1cc(-c2ccccc2)ccc1N1c2cc3c(cc2B2c4c(cc5ccccc5c41)-c1cc4ccccc4cc1N2c1ccc(-c2ccccc2)cc1)Oc1ccccc1O3. The maximum Gasteiger partial charge on any atom is 0.333 e. The molecular weight excluding hydrogens is 755 g/mol. The molecule has 3 aliphatic heterocycles. The van der Waals surface area contributed by atoms with E-state index in [1.165, 1.54) is 71.6 Å². The molecule has 0 amide bonds. The Hall–Kier alpha value is -8.02. The van der Waals surface area contributed by atoms with Crippen LogP contribution in [0.25, 0.3) is 54.9 Å². The van der Waals surface area contributed by atoms with Crippen molar-refractivity contribution in [2.75, 3.05) is 9.71 Å². The van der Waals surface area contributed by atoms with Crippen molar-refractivity contribution >= 4 is 67.8 Å². The summed E-state index contributed by atoms with van der Waals surface area (Å²) in [5.41, 5.74) is 16.4. The molecule has 13 rings (SSSR count). The molecule has 10 aromatic carbocycles. The van der Waals surface area contributed by atoms with Gasteiger partial charge in [0, 0.05) is 39.8 Å². The first-order valence-electron chi connectivity index (χ1n) is 21.3.